The van der Waals surface area contributed by atoms with Gasteiger partial charge in [-0.05, 0) is 18.8 Å². The highest BCUT2D eigenvalue weighted by Crippen LogP contribution is 2.16. The Balaban J connectivity index is 3.58. The van der Waals surface area contributed by atoms with Crippen LogP contribution in [0.5, 0.6) is 0 Å². The second-order valence-electron chi connectivity index (χ2n) is 3.10. The molecule has 56 valence electrons. The van der Waals surface area contributed by atoms with Crippen molar-refractivity contribution in [1.82, 2.24) is 0 Å². The van der Waals surface area contributed by atoms with Crippen molar-refractivity contribution in [3.05, 3.63) is 0 Å². The van der Waals surface area contributed by atoms with E-state index < -0.39 is 0 Å². The van der Waals surface area contributed by atoms with Crippen LogP contribution in [0.4, 0.5) is 0 Å². The van der Waals surface area contributed by atoms with Crippen LogP contribution in [0.3, 0.4) is 0 Å². The molecule has 0 heterocycles. The summed E-state index contributed by atoms with van der Waals surface area (Å²) in [5.74, 6) is 1.43. The van der Waals surface area contributed by atoms with Crippen LogP contribution in [-0.4, -0.2) is 6.04 Å². The molecule has 0 aliphatic rings. The molecule has 0 aromatic heterocycles. The summed E-state index contributed by atoms with van der Waals surface area (Å²) < 4.78 is 0. The molecule has 0 rings (SSSR count). The second-order valence-corrected chi connectivity index (χ2v) is 3.10. The predicted molar refractivity (Wildman–Crippen MR) is 42.3 cm³/mol. The Morgan fingerprint density at radius 3 is 1.78 bits per heavy atom. The first-order chi connectivity index (χ1) is 4.09. The molecule has 0 aromatic rings. The third-order valence-electron chi connectivity index (χ3n) is 2.37. The zero-order valence-corrected chi connectivity index (χ0v) is 7.02. The number of nitrogens with two attached hydrogens (primary N) is 1. The first kappa shape index (κ1) is 8.96. The smallest absolute Gasteiger partial charge is 0.00386 e. The molecule has 0 aromatic carbocycles. The monoisotopic (exact) mass is 129 g/mol. The van der Waals surface area contributed by atoms with Gasteiger partial charge in [-0.25, -0.2) is 0 Å². The van der Waals surface area contributed by atoms with Crippen molar-refractivity contribution in [2.75, 3.05) is 0 Å². The molecule has 2 N–H and O–H groups in total. The lowest BCUT2D eigenvalue weighted by atomic mass is 9.89. The molecule has 0 amide bonds. The standard InChI is InChI=1S/C8H19N/c1-5-6(2)7(3)8(4)9/h6-8H,5,9H2,1-4H3/t6-,7?,8?/m0/s1. The molecule has 2 unspecified atom stereocenters. The maximum Gasteiger partial charge on any atom is 0.00386 e. The minimum atomic E-state index is 0.347. The normalized spacial score (nSPS) is 21.0. The largest absolute Gasteiger partial charge is 0.328 e. The summed E-state index contributed by atoms with van der Waals surface area (Å²) in [4.78, 5) is 0. The molecular formula is C8H19N. The van der Waals surface area contributed by atoms with E-state index in [4.69, 9.17) is 5.73 Å². The third-order valence-corrected chi connectivity index (χ3v) is 2.37. The van der Waals surface area contributed by atoms with Gasteiger partial charge in [-0.3, -0.25) is 0 Å². The highest BCUT2D eigenvalue weighted by atomic mass is 14.6. The second kappa shape index (κ2) is 3.89. The summed E-state index contributed by atoms with van der Waals surface area (Å²) in [6, 6.07) is 0.347. The summed E-state index contributed by atoms with van der Waals surface area (Å²) in [7, 11) is 0. The van der Waals surface area contributed by atoms with Gasteiger partial charge in [0.05, 0.1) is 0 Å². The van der Waals surface area contributed by atoms with E-state index in [-0.39, 0.29) is 0 Å². The first-order valence-corrected chi connectivity index (χ1v) is 3.85. The Kier molecular flexibility index (Phi) is 3.87. The summed E-state index contributed by atoms with van der Waals surface area (Å²) in [6.45, 7) is 8.77. The number of rotatable bonds is 3. The maximum atomic E-state index is 5.71. The fourth-order valence-electron chi connectivity index (χ4n) is 0.890. The quantitative estimate of drug-likeness (QED) is 0.620. The topological polar surface area (TPSA) is 26.0 Å². The van der Waals surface area contributed by atoms with Crippen LogP contribution in [-0.2, 0) is 0 Å². The van der Waals surface area contributed by atoms with Crippen LogP contribution in [0.25, 0.3) is 0 Å². The van der Waals surface area contributed by atoms with Gasteiger partial charge in [-0.1, -0.05) is 27.2 Å². The summed E-state index contributed by atoms with van der Waals surface area (Å²) in [6.07, 6.45) is 1.24. The predicted octanol–water partition coefficient (Wildman–Crippen LogP) is 2.02. The van der Waals surface area contributed by atoms with Gasteiger partial charge in [0.2, 0.25) is 0 Å². The lowest BCUT2D eigenvalue weighted by Gasteiger charge is -2.21. The summed E-state index contributed by atoms with van der Waals surface area (Å²) >= 11 is 0. The van der Waals surface area contributed by atoms with Gasteiger partial charge in [0.1, 0.15) is 0 Å². The van der Waals surface area contributed by atoms with E-state index in [0.29, 0.717) is 12.0 Å². The Morgan fingerprint density at radius 1 is 1.22 bits per heavy atom. The van der Waals surface area contributed by atoms with Crippen molar-refractivity contribution in [2.24, 2.45) is 17.6 Å². The minimum Gasteiger partial charge on any atom is -0.328 e. The van der Waals surface area contributed by atoms with Crippen LogP contribution in [0.2, 0.25) is 0 Å². The van der Waals surface area contributed by atoms with Crippen molar-refractivity contribution >= 4 is 0 Å². The van der Waals surface area contributed by atoms with E-state index in [1.165, 1.54) is 6.42 Å². The maximum absolute atomic E-state index is 5.71. The van der Waals surface area contributed by atoms with E-state index in [9.17, 15) is 0 Å². The molecule has 0 spiro atoms. The van der Waals surface area contributed by atoms with E-state index in [1.807, 2.05) is 0 Å². The number of hydrogen-bond acceptors (Lipinski definition) is 1. The molecule has 0 aliphatic heterocycles. The SMILES string of the molecule is CC[C@H](C)C(C)C(C)N. The lowest BCUT2D eigenvalue weighted by molar-refractivity contribution is 0.330. The Bertz CT molecular complexity index is 69.0. The first-order valence-electron chi connectivity index (χ1n) is 3.85. The molecule has 0 saturated carbocycles. The highest BCUT2D eigenvalue weighted by Gasteiger charge is 2.13. The highest BCUT2D eigenvalue weighted by molar-refractivity contribution is 4.68. The van der Waals surface area contributed by atoms with Crippen molar-refractivity contribution in [3.63, 3.8) is 0 Å². The fourth-order valence-corrected chi connectivity index (χ4v) is 0.890. The van der Waals surface area contributed by atoms with Crippen molar-refractivity contribution in [2.45, 2.75) is 40.2 Å². The molecule has 0 fully saturated rings. The van der Waals surface area contributed by atoms with Gasteiger partial charge in [0.25, 0.3) is 0 Å². The van der Waals surface area contributed by atoms with Crippen LogP contribution >= 0.6 is 0 Å². The van der Waals surface area contributed by atoms with Gasteiger partial charge in [-0.15, -0.1) is 0 Å². The minimum absolute atomic E-state index is 0.347. The molecule has 0 radical (unpaired) electrons. The Morgan fingerprint density at radius 2 is 1.67 bits per heavy atom. The molecular weight excluding hydrogens is 110 g/mol. The van der Waals surface area contributed by atoms with E-state index >= 15 is 0 Å². The number of hydrogen-bond donors (Lipinski definition) is 1. The van der Waals surface area contributed by atoms with Crippen LogP contribution in [0.15, 0.2) is 0 Å². The average molecular weight is 129 g/mol. The Labute approximate surface area is 58.6 Å². The van der Waals surface area contributed by atoms with Gasteiger partial charge in [0.15, 0.2) is 0 Å². The zero-order valence-electron chi connectivity index (χ0n) is 7.02. The molecule has 1 heteroatoms. The molecule has 0 bridgehead atoms. The molecule has 3 atom stereocenters. The van der Waals surface area contributed by atoms with Gasteiger partial charge < -0.3 is 5.73 Å². The fraction of sp³-hybridized carbons (Fsp3) is 1.00. The molecule has 0 aliphatic carbocycles. The van der Waals surface area contributed by atoms with Gasteiger partial charge >= 0.3 is 0 Å². The third kappa shape index (κ3) is 2.85. The van der Waals surface area contributed by atoms with Crippen LogP contribution < -0.4 is 5.73 Å². The van der Waals surface area contributed by atoms with Crippen molar-refractivity contribution in [3.8, 4) is 0 Å². The molecule has 0 saturated heterocycles. The van der Waals surface area contributed by atoms with Crippen LogP contribution in [0.1, 0.15) is 34.1 Å². The zero-order chi connectivity index (χ0) is 7.44. The van der Waals surface area contributed by atoms with E-state index in [2.05, 4.69) is 27.7 Å². The van der Waals surface area contributed by atoms with Crippen molar-refractivity contribution < 1.29 is 0 Å². The van der Waals surface area contributed by atoms with Crippen LogP contribution in [0, 0.1) is 11.8 Å². The van der Waals surface area contributed by atoms with Gasteiger partial charge in [-0.2, -0.15) is 0 Å². The Hall–Kier alpha value is -0.0400. The molecule has 9 heavy (non-hydrogen) atoms. The van der Waals surface area contributed by atoms with E-state index in [0.717, 1.165) is 5.92 Å². The van der Waals surface area contributed by atoms with E-state index in [1.54, 1.807) is 0 Å². The van der Waals surface area contributed by atoms with Crippen molar-refractivity contribution in [1.29, 1.82) is 0 Å². The lowest BCUT2D eigenvalue weighted by Crippen LogP contribution is -2.28. The summed E-state index contributed by atoms with van der Waals surface area (Å²) in [5.41, 5.74) is 5.71. The molecule has 1 nitrogen and oxygen atoms in total. The summed E-state index contributed by atoms with van der Waals surface area (Å²) in [5, 5.41) is 0. The van der Waals surface area contributed by atoms with Gasteiger partial charge in [0, 0.05) is 6.04 Å². The average Bonchev–Trinajstić information content (AvgIpc) is 1.84.